The van der Waals surface area contributed by atoms with Gasteiger partial charge in [-0.05, 0) is 34.7 Å². The lowest BCUT2D eigenvalue weighted by atomic mass is 10.1. The van der Waals surface area contributed by atoms with Crippen LogP contribution in [0.5, 0.6) is 0 Å². The first-order valence-electron chi connectivity index (χ1n) is 6.24. The standard InChI is InChI=1S/C13H20BrClN2O/c1-5-6-10(18-4)13-16-9(7-8(2)3)11(14)12(15)17-13/h8,10H,5-7H2,1-4H3. The molecule has 5 heteroatoms. The van der Waals surface area contributed by atoms with Gasteiger partial charge < -0.3 is 4.74 Å². The van der Waals surface area contributed by atoms with Crippen molar-refractivity contribution < 1.29 is 4.74 Å². The molecule has 0 N–H and O–H groups in total. The molecule has 0 bridgehead atoms. The first kappa shape index (κ1) is 15.9. The van der Waals surface area contributed by atoms with E-state index >= 15 is 0 Å². The van der Waals surface area contributed by atoms with Gasteiger partial charge in [0.05, 0.1) is 10.2 Å². The Balaban J connectivity index is 3.09. The van der Waals surface area contributed by atoms with Gasteiger partial charge in [0, 0.05) is 7.11 Å². The minimum Gasteiger partial charge on any atom is -0.373 e. The van der Waals surface area contributed by atoms with Crippen molar-refractivity contribution in [2.24, 2.45) is 5.92 Å². The molecule has 1 aromatic heterocycles. The molecule has 0 saturated heterocycles. The van der Waals surface area contributed by atoms with Crippen molar-refractivity contribution in [3.63, 3.8) is 0 Å². The van der Waals surface area contributed by atoms with Gasteiger partial charge in [-0.25, -0.2) is 9.97 Å². The van der Waals surface area contributed by atoms with Crippen molar-refractivity contribution in [3.8, 4) is 0 Å². The highest BCUT2D eigenvalue weighted by Gasteiger charge is 2.18. The molecular weight excluding hydrogens is 316 g/mol. The maximum Gasteiger partial charge on any atom is 0.159 e. The summed E-state index contributed by atoms with van der Waals surface area (Å²) in [4.78, 5) is 8.91. The molecule has 3 nitrogen and oxygen atoms in total. The molecule has 0 amide bonds. The maximum atomic E-state index is 6.15. The molecule has 18 heavy (non-hydrogen) atoms. The Hall–Kier alpha value is -0.190. The predicted molar refractivity (Wildman–Crippen MR) is 77.9 cm³/mol. The van der Waals surface area contributed by atoms with Gasteiger partial charge in [0.15, 0.2) is 5.82 Å². The van der Waals surface area contributed by atoms with Gasteiger partial charge in [0.25, 0.3) is 0 Å². The molecule has 1 heterocycles. The molecule has 0 aromatic carbocycles. The molecule has 1 unspecified atom stereocenters. The molecule has 0 spiro atoms. The second kappa shape index (κ2) is 7.41. The number of nitrogens with zero attached hydrogens (tertiary/aromatic N) is 2. The number of rotatable bonds is 6. The summed E-state index contributed by atoms with van der Waals surface area (Å²) >= 11 is 9.61. The lowest BCUT2D eigenvalue weighted by Gasteiger charge is -2.16. The van der Waals surface area contributed by atoms with E-state index in [0.717, 1.165) is 29.4 Å². The van der Waals surface area contributed by atoms with Crippen molar-refractivity contribution in [2.45, 2.75) is 46.1 Å². The molecule has 0 saturated carbocycles. The van der Waals surface area contributed by atoms with Gasteiger partial charge >= 0.3 is 0 Å². The average Bonchev–Trinajstić information content (AvgIpc) is 2.31. The van der Waals surface area contributed by atoms with E-state index < -0.39 is 0 Å². The molecule has 0 fully saturated rings. The molecule has 1 rings (SSSR count). The number of ether oxygens (including phenoxy) is 1. The Morgan fingerprint density at radius 2 is 2.00 bits per heavy atom. The topological polar surface area (TPSA) is 35.0 Å². The van der Waals surface area contributed by atoms with Crippen molar-refractivity contribution in [3.05, 3.63) is 21.1 Å². The zero-order valence-corrected chi connectivity index (χ0v) is 13.7. The first-order valence-corrected chi connectivity index (χ1v) is 7.41. The molecule has 0 aliphatic carbocycles. The minimum atomic E-state index is -0.0773. The SMILES string of the molecule is CCCC(OC)c1nc(Cl)c(Br)c(CC(C)C)n1. The van der Waals surface area contributed by atoms with Gasteiger partial charge in [0.1, 0.15) is 11.3 Å². The largest absolute Gasteiger partial charge is 0.373 e. The summed E-state index contributed by atoms with van der Waals surface area (Å²) in [7, 11) is 1.68. The number of methoxy groups -OCH3 is 1. The molecule has 1 aromatic rings. The van der Waals surface area contributed by atoms with Gasteiger partial charge in [-0.3, -0.25) is 0 Å². The summed E-state index contributed by atoms with van der Waals surface area (Å²) in [5, 5.41) is 0.466. The normalized spacial score (nSPS) is 13.1. The monoisotopic (exact) mass is 334 g/mol. The van der Waals surface area contributed by atoms with Gasteiger partial charge in [-0.1, -0.05) is 38.8 Å². The summed E-state index contributed by atoms with van der Waals surface area (Å²) in [6.07, 6.45) is 2.72. The van der Waals surface area contributed by atoms with Gasteiger partial charge in [-0.15, -0.1) is 0 Å². The van der Waals surface area contributed by atoms with E-state index in [9.17, 15) is 0 Å². The van der Waals surface area contributed by atoms with Crippen molar-refractivity contribution in [1.29, 1.82) is 0 Å². The van der Waals surface area contributed by atoms with Crippen LogP contribution < -0.4 is 0 Å². The third kappa shape index (κ3) is 4.18. The highest BCUT2D eigenvalue weighted by atomic mass is 79.9. The summed E-state index contributed by atoms with van der Waals surface area (Å²) in [5.41, 5.74) is 0.957. The summed E-state index contributed by atoms with van der Waals surface area (Å²) in [6.45, 7) is 6.42. The second-order valence-corrected chi connectivity index (χ2v) is 5.90. The summed E-state index contributed by atoms with van der Waals surface area (Å²) in [5.74, 6) is 1.20. The third-order valence-electron chi connectivity index (χ3n) is 2.62. The zero-order valence-electron chi connectivity index (χ0n) is 11.3. The molecule has 0 aliphatic heterocycles. The van der Waals surface area contributed by atoms with Crippen molar-refractivity contribution >= 4 is 27.5 Å². The molecule has 102 valence electrons. The highest BCUT2D eigenvalue weighted by Crippen LogP contribution is 2.28. The summed E-state index contributed by atoms with van der Waals surface area (Å²) in [6, 6.07) is 0. The van der Waals surface area contributed by atoms with E-state index in [0.29, 0.717) is 16.9 Å². The van der Waals surface area contributed by atoms with E-state index in [1.165, 1.54) is 0 Å². The van der Waals surface area contributed by atoms with E-state index in [2.05, 4.69) is 46.7 Å². The fourth-order valence-corrected chi connectivity index (χ4v) is 2.30. The smallest absolute Gasteiger partial charge is 0.159 e. The Morgan fingerprint density at radius 1 is 1.33 bits per heavy atom. The van der Waals surface area contributed by atoms with Crippen LogP contribution in [0.15, 0.2) is 4.47 Å². The molecular formula is C13H20BrClN2O. The number of aromatic nitrogens is 2. The van der Waals surface area contributed by atoms with Crippen LogP contribution in [0.3, 0.4) is 0 Å². The number of hydrogen-bond acceptors (Lipinski definition) is 3. The molecule has 0 radical (unpaired) electrons. The number of hydrogen-bond donors (Lipinski definition) is 0. The quantitative estimate of drug-likeness (QED) is 0.714. The van der Waals surface area contributed by atoms with Crippen LogP contribution in [0.4, 0.5) is 0 Å². The molecule has 0 aliphatic rings. The van der Waals surface area contributed by atoms with Crippen LogP contribution >= 0.6 is 27.5 Å². The summed E-state index contributed by atoms with van der Waals surface area (Å²) < 4.78 is 6.23. The van der Waals surface area contributed by atoms with Crippen LogP contribution in [0.25, 0.3) is 0 Å². The Kier molecular flexibility index (Phi) is 6.53. The minimum absolute atomic E-state index is 0.0773. The van der Waals surface area contributed by atoms with E-state index in [4.69, 9.17) is 16.3 Å². The van der Waals surface area contributed by atoms with Crippen molar-refractivity contribution in [2.75, 3.05) is 7.11 Å². The first-order chi connectivity index (χ1) is 8.49. The van der Waals surface area contributed by atoms with E-state index in [-0.39, 0.29) is 6.10 Å². The molecule has 1 atom stereocenters. The third-order valence-corrected chi connectivity index (χ3v) is 3.96. The lowest BCUT2D eigenvalue weighted by molar-refractivity contribution is 0.0873. The fourth-order valence-electron chi connectivity index (χ4n) is 1.76. The fraction of sp³-hybridized carbons (Fsp3) is 0.692. The van der Waals surface area contributed by atoms with Crippen LogP contribution in [0, 0.1) is 5.92 Å². The van der Waals surface area contributed by atoms with Gasteiger partial charge in [-0.2, -0.15) is 0 Å². The van der Waals surface area contributed by atoms with E-state index in [1.807, 2.05) is 0 Å². The highest BCUT2D eigenvalue weighted by molar-refractivity contribution is 9.10. The number of halogens is 2. The zero-order chi connectivity index (χ0) is 13.7. The van der Waals surface area contributed by atoms with E-state index in [1.54, 1.807) is 7.11 Å². The van der Waals surface area contributed by atoms with Crippen LogP contribution in [-0.2, 0) is 11.2 Å². The Morgan fingerprint density at radius 3 is 2.50 bits per heavy atom. The average molecular weight is 336 g/mol. The second-order valence-electron chi connectivity index (χ2n) is 4.74. The maximum absolute atomic E-state index is 6.15. The van der Waals surface area contributed by atoms with Crippen molar-refractivity contribution in [1.82, 2.24) is 9.97 Å². The predicted octanol–water partition coefficient (Wildman–Crippen LogP) is 4.58. The van der Waals surface area contributed by atoms with Crippen LogP contribution in [-0.4, -0.2) is 17.1 Å². The Labute approximate surface area is 122 Å². The van der Waals surface area contributed by atoms with Gasteiger partial charge in [0.2, 0.25) is 0 Å². The van der Waals surface area contributed by atoms with Crippen LogP contribution in [0.2, 0.25) is 5.15 Å². The lowest BCUT2D eigenvalue weighted by Crippen LogP contribution is -2.10. The Bertz CT molecular complexity index is 399. The van der Waals surface area contributed by atoms with Crippen LogP contribution in [0.1, 0.15) is 51.2 Å².